The summed E-state index contributed by atoms with van der Waals surface area (Å²) in [5, 5.41) is 7.14. The molecule has 2 nitrogen and oxygen atoms in total. The van der Waals surface area contributed by atoms with E-state index in [9.17, 15) is 0 Å². The Morgan fingerprint density at radius 3 is 2.73 bits per heavy atom. The molecule has 3 rings (SSSR count). The minimum atomic E-state index is 0.776. The largest absolute Gasteiger partial charge is 0.317 e. The molecule has 86 valence electrons. The number of rotatable bonds is 5. The monoisotopic (exact) mass is 208 g/mol. The topological polar surface area (TPSA) is 24.1 Å². The van der Waals surface area contributed by atoms with Crippen LogP contribution >= 0.6 is 0 Å². The van der Waals surface area contributed by atoms with Crippen molar-refractivity contribution in [1.29, 1.82) is 0 Å². The third-order valence-corrected chi connectivity index (χ3v) is 4.78. The standard InChI is InChI=1S/C13H24N2/c1-2-11(1)3-6-15-10-12-9-13(12)4-7-14-8-5-13/h11-12,14-15H,1-10H2. The van der Waals surface area contributed by atoms with Crippen LogP contribution in [-0.2, 0) is 0 Å². The minimum Gasteiger partial charge on any atom is -0.317 e. The molecule has 0 bridgehead atoms. The van der Waals surface area contributed by atoms with E-state index in [2.05, 4.69) is 10.6 Å². The minimum absolute atomic E-state index is 0.776. The van der Waals surface area contributed by atoms with Gasteiger partial charge < -0.3 is 10.6 Å². The maximum atomic E-state index is 3.67. The first-order valence-corrected chi connectivity index (χ1v) is 6.80. The molecule has 0 amide bonds. The second-order valence-corrected chi connectivity index (χ2v) is 5.95. The van der Waals surface area contributed by atoms with Gasteiger partial charge in [-0.1, -0.05) is 12.8 Å². The fraction of sp³-hybridized carbons (Fsp3) is 1.00. The van der Waals surface area contributed by atoms with E-state index >= 15 is 0 Å². The predicted octanol–water partition coefficient (Wildman–Crippen LogP) is 1.77. The second-order valence-electron chi connectivity index (χ2n) is 5.95. The number of nitrogens with one attached hydrogen (secondary N) is 2. The number of piperidine rings is 1. The van der Waals surface area contributed by atoms with Gasteiger partial charge in [-0.2, -0.15) is 0 Å². The normalized spacial score (nSPS) is 33.2. The Hall–Kier alpha value is -0.0800. The third-order valence-electron chi connectivity index (χ3n) is 4.78. The van der Waals surface area contributed by atoms with Crippen LogP contribution in [0, 0.1) is 17.3 Å². The molecule has 0 radical (unpaired) electrons. The van der Waals surface area contributed by atoms with E-state index in [4.69, 9.17) is 0 Å². The summed E-state index contributed by atoms with van der Waals surface area (Å²) < 4.78 is 0. The quantitative estimate of drug-likeness (QED) is 0.673. The summed E-state index contributed by atoms with van der Waals surface area (Å²) in [6, 6.07) is 0. The highest BCUT2D eigenvalue weighted by molar-refractivity contribution is 5.04. The van der Waals surface area contributed by atoms with Gasteiger partial charge in [0.1, 0.15) is 0 Å². The highest BCUT2D eigenvalue weighted by atomic mass is 14.9. The Kier molecular flexibility index (Phi) is 2.73. The van der Waals surface area contributed by atoms with E-state index < -0.39 is 0 Å². The fourth-order valence-corrected chi connectivity index (χ4v) is 3.25. The summed E-state index contributed by atoms with van der Waals surface area (Å²) >= 11 is 0. The van der Waals surface area contributed by atoms with Gasteiger partial charge in [-0.3, -0.25) is 0 Å². The molecule has 3 fully saturated rings. The van der Waals surface area contributed by atoms with Crippen LogP contribution in [0.1, 0.15) is 38.5 Å². The summed E-state index contributed by atoms with van der Waals surface area (Å²) in [6.07, 6.45) is 8.80. The Balaban J connectivity index is 1.31. The molecule has 3 aliphatic rings. The zero-order valence-corrected chi connectivity index (χ0v) is 9.73. The summed E-state index contributed by atoms with van der Waals surface area (Å²) in [4.78, 5) is 0. The van der Waals surface area contributed by atoms with Crippen molar-refractivity contribution < 1.29 is 0 Å². The van der Waals surface area contributed by atoms with Crippen LogP contribution in [0.5, 0.6) is 0 Å². The molecule has 2 saturated carbocycles. The van der Waals surface area contributed by atoms with Crippen molar-refractivity contribution in [3.63, 3.8) is 0 Å². The lowest BCUT2D eigenvalue weighted by atomic mass is 9.92. The lowest BCUT2D eigenvalue weighted by molar-refractivity contribution is 0.318. The van der Waals surface area contributed by atoms with Crippen LogP contribution in [0.25, 0.3) is 0 Å². The Morgan fingerprint density at radius 2 is 2.00 bits per heavy atom. The smallest absolute Gasteiger partial charge is 0.00150 e. The van der Waals surface area contributed by atoms with Crippen LogP contribution in [-0.4, -0.2) is 26.2 Å². The van der Waals surface area contributed by atoms with Gasteiger partial charge in [0.05, 0.1) is 0 Å². The van der Waals surface area contributed by atoms with E-state index in [1.54, 1.807) is 0 Å². The van der Waals surface area contributed by atoms with Gasteiger partial charge in [-0.15, -0.1) is 0 Å². The Morgan fingerprint density at radius 1 is 1.20 bits per heavy atom. The number of hydrogen-bond donors (Lipinski definition) is 2. The lowest BCUT2D eigenvalue weighted by Crippen LogP contribution is -2.31. The van der Waals surface area contributed by atoms with Crippen LogP contribution in [0.2, 0.25) is 0 Å². The van der Waals surface area contributed by atoms with Gasteiger partial charge in [-0.05, 0) is 69.1 Å². The average Bonchev–Trinajstić information content (AvgIpc) is 3.14. The molecule has 2 aliphatic carbocycles. The molecule has 0 aromatic rings. The van der Waals surface area contributed by atoms with Crippen molar-refractivity contribution in [1.82, 2.24) is 10.6 Å². The molecule has 1 heterocycles. The molecule has 1 unspecified atom stereocenters. The van der Waals surface area contributed by atoms with E-state index in [0.717, 1.165) is 17.3 Å². The molecule has 0 aromatic carbocycles. The van der Waals surface area contributed by atoms with E-state index in [1.807, 2.05) is 0 Å². The van der Waals surface area contributed by atoms with Crippen molar-refractivity contribution in [2.45, 2.75) is 38.5 Å². The zero-order chi connectivity index (χ0) is 10.1. The van der Waals surface area contributed by atoms with Crippen LogP contribution in [0.4, 0.5) is 0 Å². The predicted molar refractivity (Wildman–Crippen MR) is 62.9 cm³/mol. The molecule has 1 saturated heterocycles. The Bertz CT molecular complexity index is 217. The summed E-state index contributed by atoms with van der Waals surface area (Å²) in [5.74, 6) is 2.10. The van der Waals surface area contributed by atoms with Crippen LogP contribution in [0.3, 0.4) is 0 Å². The molecule has 1 aliphatic heterocycles. The van der Waals surface area contributed by atoms with E-state index in [0.29, 0.717) is 0 Å². The van der Waals surface area contributed by atoms with Gasteiger partial charge in [-0.25, -0.2) is 0 Å². The highest BCUT2D eigenvalue weighted by Crippen LogP contribution is 2.58. The first kappa shape index (κ1) is 10.1. The van der Waals surface area contributed by atoms with Crippen LogP contribution < -0.4 is 10.6 Å². The summed E-state index contributed by atoms with van der Waals surface area (Å²) in [7, 11) is 0. The summed E-state index contributed by atoms with van der Waals surface area (Å²) in [5.41, 5.74) is 0.776. The van der Waals surface area contributed by atoms with Gasteiger partial charge in [0.2, 0.25) is 0 Å². The van der Waals surface area contributed by atoms with Gasteiger partial charge in [0, 0.05) is 0 Å². The summed E-state index contributed by atoms with van der Waals surface area (Å²) in [6.45, 7) is 5.10. The SMILES string of the molecule is C1CC2(CCN1)CC2CNCCC1CC1. The van der Waals surface area contributed by atoms with Crippen molar-refractivity contribution in [2.24, 2.45) is 17.3 Å². The van der Waals surface area contributed by atoms with Gasteiger partial charge >= 0.3 is 0 Å². The molecule has 2 heteroatoms. The molecule has 2 N–H and O–H groups in total. The van der Waals surface area contributed by atoms with Crippen LogP contribution in [0.15, 0.2) is 0 Å². The molecule has 1 atom stereocenters. The average molecular weight is 208 g/mol. The zero-order valence-electron chi connectivity index (χ0n) is 9.73. The molecule has 0 aromatic heterocycles. The van der Waals surface area contributed by atoms with Crippen molar-refractivity contribution in [3.8, 4) is 0 Å². The van der Waals surface area contributed by atoms with Gasteiger partial charge in [0.25, 0.3) is 0 Å². The maximum absolute atomic E-state index is 3.67. The van der Waals surface area contributed by atoms with E-state index in [-0.39, 0.29) is 0 Å². The highest BCUT2D eigenvalue weighted by Gasteiger charge is 2.52. The number of hydrogen-bond acceptors (Lipinski definition) is 2. The van der Waals surface area contributed by atoms with Crippen molar-refractivity contribution in [3.05, 3.63) is 0 Å². The maximum Gasteiger partial charge on any atom is -0.00150 e. The Labute approximate surface area is 93.2 Å². The second kappa shape index (κ2) is 4.06. The molecule has 15 heavy (non-hydrogen) atoms. The lowest BCUT2D eigenvalue weighted by Gasteiger charge is -2.23. The molecular weight excluding hydrogens is 184 g/mol. The van der Waals surface area contributed by atoms with Crippen molar-refractivity contribution in [2.75, 3.05) is 26.2 Å². The molecular formula is C13H24N2. The fourth-order valence-electron chi connectivity index (χ4n) is 3.25. The molecule has 1 spiro atoms. The van der Waals surface area contributed by atoms with Gasteiger partial charge in [0.15, 0.2) is 0 Å². The van der Waals surface area contributed by atoms with E-state index in [1.165, 1.54) is 64.7 Å². The first-order chi connectivity index (χ1) is 7.39. The van der Waals surface area contributed by atoms with Crippen molar-refractivity contribution >= 4 is 0 Å². The first-order valence-electron chi connectivity index (χ1n) is 6.80. The third kappa shape index (κ3) is 2.36.